The van der Waals surface area contributed by atoms with E-state index in [1.54, 1.807) is 35.3 Å². The number of ether oxygens (including phenoxy) is 1. The Balaban J connectivity index is 1.36. The predicted molar refractivity (Wildman–Crippen MR) is 125 cm³/mol. The summed E-state index contributed by atoms with van der Waals surface area (Å²) in [5.74, 6) is 0.484. The van der Waals surface area contributed by atoms with Gasteiger partial charge in [0.05, 0.1) is 28.2 Å². The summed E-state index contributed by atoms with van der Waals surface area (Å²) >= 11 is 1.67. The molecule has 0 aliphatic carbocycles. The van der Waals surface area contributed by atoms with Crippen LogP contribution in [-0.2, 0) is 7.05 Å². The van der Waals surface area contributed by atoms with Gasteiger partial charge in [0.1, 0.15) is 5.01 Å². The van der Waals surface area contributed by atoms with Crippen LogP contribution in [0.15, 0.2) is 60.7 Å². The van der Waals surface area contributed by atoms with Gasteiger partial charge in [0, 0.05) is 23.9 Å². The number of amides is 1. The summed E-state index contributed by atoms with van der Waals surface area (Å²) in [6.45, 7) is 2.08. The van der Waals surface area contributed by atoms with Crippen LogP contribution < -0.4 is 10.1 Å². The Hall–Kier alpha value is -3.71. The minimum Gasteiger partial charge on any atom is -0.481 e. The van der Waals surface area contributed by atoms with Crippen molar-refractivity contribution >= 4 is 44.1 Å². The summed E-state index contributed by atoms with van der Waals surface area (Å²) in [5, 5.41) is 9.20. The number of nitrogens with zero attached hydrogens (tertiary/aromatic N) is 3. The minimum absolute atomic E-state index is 0.185. The lowest BCUT2D eigenvalue weighted by Gasteiger charge is -2.06. The second-order valence-electron chi connectivity index (χ2n) is 7.39. The third-order valence-corrected chi connectivity index (χ3v) is 6.24. The molecule has 154 valence electrons. The zero-order valence-electron chi connectivity index (χ0n) is 17.3. The van der Waals surface area contributed by atoms with Crippen molar-refractivity contribution in [3.05, 3.63) is 71.8 Å². The number of nitrogens with one attached hydrogen (secondary N) is 1. The van der Waals surface area contributed by atoms with Gasteiger partial charge >= 0.3 is 0 Å². The van der Waals surface area contributed by atoms with Gasteiger partial charge in [0.25, 0.3) is 5.91 Å². The fourth-order valence-electron chi connectivity index (χ4n) is 3.61. The highest BCUT2D eigenvalue weighted by molar-refractivity contribution is 7.21. The standard InChI is InChI=1S/C24H20N4O2S/c1-14-4-11-19-21(12-14)31-23(26-19)15-5-8-17(9-6-15)25-22(29)16-7-10-18-20(13-16)27-28(2)24(18)30-3/h4-13H,1-3H3,(H,25,29). The molecule has 6 nitrogen and oxygen atoms in total. The SMILES string of the molecule is COc1c2ccc(C(=O)Nc3ccc(-c4nc5ccc(C)cc5s4)cc3)cc2nn1C. The topological polar surface area (TPSA) is 69.0 Å². The molecular formula is C24H20N4O2S. The first-order valence-corrected chi connectivity index (χ1v) is 10.6. The number of hydrogen-bond acceptors (Lipinski definition) is 5. The van der Waals surface area contributed by atoms with E-state index in [4.69, 9.17) is 9.72 Å². The van der Waals surface area contributed by atoms with E-state index >= 15 is 0 Å². The zero-order chi connectivity index (χ0) is 21.5. The van der Waals surface area contributed by atoms with E-state index < -0.39 is 0 Å². The van der Waals surface area contributed by atoms with Gasteiger partial charge in [-0.25, -0.2) is 9.67 Å². The van der Waals surface area contributed by atoms with Gasteiger partial charge in [0.2, 0.25) is 5.88 Å². The Morgan fingerprint density at radius 2 is 1.84 bits per heavy atom. The van der Waals surface area contributed by atoms with E-state index in [2.05, 4.69) is 29.5 Å². The molecule has 2 heterocycles. The maximum absolute atomic E-state index is 12.7. The highest BCUT2D eigenvalue weighted by Crippen LogP contribution is 2.31. The number of benzene rings is 3. The van der Waals surface area contributed by atoms with Crippen LogP contribution in [-0.4, -0.2) is 27.8 Å². The number of anilines is 1. The summed E-state index contributed by atoms with van der Waals surface area (Å²) in [5.41, 5.74) is 5.24. The molecule has 0 saturated heterocycles. The number of carbonyl (C=O) groups excluding carboxylic acids is 1. The number of fused-ring (bicyclic) bond motifs is 2. The molecule has 0 saturated carbocycles. The highest BCUT2D eigenvalue weighted by Gasteiger charge is 2.13. The van der Waals surface area contributed by atoms with Crippen LogP contribution in [0.25, 0.3) is 31.7 Å². The Morgan fingerprint density at radius 3 is 2.61 bits per heavy atom. The lowest BCUT2D eigenvalue weighted by Crippen LogP contribution is -2.11. The van der Waals surface area contributed by atoms with Crippen LogP contribution in [0.3, 0.4) is 0 Å². The molecule has 0 radical (unpaired) electrons. The largest absolute Gasteiger partial charge is 0.481 e. The number of carbonyl (C=O) groups is 1. The van der Waals surface area contributed by atoms with E-state index in [1.165, 1.54) is 10.3 Å². The number of hydrogen-bond donors (Lipinski definition) is 1. The average Bonchev–Trinajstić information content (AvgIpc) is 3.32. The zero-order valence-corrected chi connectivity index (χ0v) is 18.2. The molecule has 0 atom stereocenters. The van der Waals surface area contributed by atoms with Crippen LogP contribution >= 0.6 is 11.3 Å². The van der Waals surface area contributed by atoms with Crippen molar-refractivity contribution in [2.24, 2.45) is 7.05 Å². The molecule has 2 aromatic heterocycles. The first kappa shape index (κ1) is 19.3. The van der Waals surface area contributed by atoms with Crippen LogP contribution in [0.5, 0.6) is 5.88 Å². The monoisotopic (exact) mass is 428 g/mol. The van der Waals surface area contributed by atoms with Gasteiger partial charge in [-0.1, -0.05) is 6.07 Å². The summed E-state index contributed by atoms with van der Waals surface area (Å²) < 4.78 is 8.20. The van der Waals surface area contributed by atoms with E-state index in [0.717, 1.165) is 27.2 Å². The van der Waals surface area contributed by atoms with Crippen LogP contribution in [0, 0.1) is 6.92 Å². The first-order valence-electron chi connectivity index (χ1n) is 9.81. The fraction of sp³-hybridized carbons (Fsp3) is 0.125. The minimum atomic E-state index is -0.185. The molecule has 1 N–H and O–H groups in total. The van der Waals surface area contributed by atoms with Crippen molar-refractivity contribution in [3.63, 3.8) is 0 Å². The highest BCUT2D eigenvalue weighted by atomic mass is 32.1. The van der Waals surface area contributed by atoms with E-state index in [1.807, 2.05) is 43.4 Å². The summed E-state index contributed by atoms with van der Waals surface area (Å²) in [7, 11) is 3.42. The fourth-order valence-corrected chi connectivity index (χ4v) is 4.68. The van der Waals surface area contributed by atoms with Crippen molar-refractivity contribution in [1.82, 2.24) is 14.8 Å². The van der Waals surface area contributed by atoms with Crippen molar-refractivity contribution < 1.29 is 9.53 Å². The smallest absolute Gasteiger partial charge is 0.255 e. The van der Waals surface area contributed by atoms with E-state index in [-0.39, 0.29) is 5.91 Å². The van der Waals surface area contributed by atoms with E-state index in [9.17, 15) is 4.79 Å². The van der Waals surface area contributed by atoms with Crippen molar-refractivity contribution in [3.8, 4) is 16.5 Å². The molecular weight excluding hydrogens is 408 g/mol. The molecule has 5 aromatic rings. The number of thiazole rings is 1. The summed E-state index contributed by atoms with van der Waals surface area (Å²) in [4.78, 5) is 17.5. The van der Waals surface area contributed by atoms with Crippen molar-refractivity contribution in [1.29, 1.82) is 0 Å². The molecule has 0 aliphatic heterocycles. The van der Waals surface area contributed by atoms with Crippen molar-refractivity contribution in [2.45, 2.75) is 6.92 Å². The Bertz CT molecular complexity index is 1430. The van der Waals surface area contributed by atoms with Gasteiger partial charge in [-0.2, -0.15) is 5.10 Å². The summed E-state index contributed by atoms with van der Waals surface area (Å²) in [6.07, 6.45) is 0. The van der Waals surface area contributed by atoms with Gasteiger partial charge in [0.15, 0.2) is 0 Å². The Kier molecular flexibility index (Phi) is 4.67. The van der Waals surface area contributed by atoms with Gasteiger partial charge in [-0.15, -0.1) is 11.3 Å². The number of methoxy groups -OCH3 is 1. The molecule has 0 unspecified atom stereocenters. The predicted octanol–water partition coefficient (Wildman–Crippen LogP) is 5.42. The molecule has 0 fully saturated rings. The van der Waals surface area contributed by atoms with Crippen LogP contribution in [0.4, 0.5) is 5.69 Å². The maximum Gasteiger partial charge on any atom is 0.255 e. The normalized spacial score (nSPS) is 11.2. The van der Waals surface area contributed by atoms with E-state index in [0.29, 0.717) is 17.0 Å². The molecule has 1 amide bonds. The van der Waals surface area contributed by atoms with Crippen LogP contribution in [0.1, 0.15) is 15.9 Å². The number of rotatable bonds is 4. The molecule has 5 rings (SSSR count). The maximum atomic E-state index is 12.7. The lowest BCUT2D eigenvalue weighted by molar-refractivity contribution is 0.102. The Labute approximate surface area is 183 Å². The molecule has 3 aromatic carbocycles. The molecule has 0 spiro atoms. The third-order valence-electron chi connectivity index (χ3n) is 5.17. The average molecular weight is 429 g/mol. The Morgan fingerprint density at radius 1 is 1.03 bits per heavy atom. The molecule has 0 aliphatic rings. The first-order chi connectivity index (χ1) is 15.0. The number of aryl methyl sites for hydroxylation is 2. The number of aromatic nitrogens is 3. The second kappa shape index (κ2) is 7.52. The molecule has 7 heteroatoms. The van der Waals surface area contributed by atoms with Gasteiger partial charge in [-0.05, 0) is 67.1 Å². The van der Waals surface area contributed by atoms with Gasteiger partial charge < -0.3 is 10.1 Å². The lowest BCUT2D eigenvalue weighted by atomic mass is 10.1. The quantitative estimate of drug-likeness (QED) is 0.415. The third kappa shape index (κ3) is 3.53. The van der Waals surface area contributed by atoms with Gasteiger partial charge in [-0.3, -0.25) is 4.79 Å². The summed E-state index contributed by atoms with van der Waals surface area (Å²) in [6, 6.07) is 19.4. The second-order valence-corrected chi connectivity index (χ2v) is 8.42. The molecule has 31 heavy (non-hydrogen) atoms. The van der Waals surface area contributed by atoms with Crippen LogP contribution in [0.2, 0.25) is 0 Å². The molecule has 0 bridgehead atoms. The van der Waals surface area contributed by atoms with Crippen molar-refractivity contribution in [2.75, 3.05) is 12.4 Å².